The highest BCUT2D eigenvalue weighted by atomic mass is 16.2. The molecule has 1 N–H and O–H groups in total. The van der Waals surface area contributed by atoms with Crippen LogP contribution in [0.15, 0.2) is 0 Å². The van der Waals surface area contributed by atoms with E-state index in [2.05, 4.69) is 25.2 Å². The predicted octanol–water partition coefficient (Wildman–Crippen LogP) is 3.40. The van der Waals surface area contributed by atoms with Crippen molar-refractivity contribution in [3.05, 3.63) is 0 Å². The lowest BCUT2D eigenvalue weighted by Crippen LogP contribution is -2.60. The fraction of sp³-hybridized carbons (Fsp3) is 0.882. The Morgan fingerprint density at radius 2 is 1.85 bits per heavy atom. The molecule has 0 radical (unpaired) electrons. The van der Waals surface area contributed by atoms with Crippen LogP contribution in [0.5, 0.6) is 0 Å². The predicted molar refractivity (Wildman–Crippen MR) is 77.7 cm³/mol. The number of hydrogen-bond donors (Lipinski definition) is 1. The fourth-order valence-electron chi connectivity index (χ4n) is 6.24. The van der Waals surface area contributed by atoms with Crippen molar-refractivity contribution >= 4 is 5.91 Å². The first kappa shape index (κ1) is 13.9. The molecule has 0 aliphatic heterocycles. The zero-order valence-electron chi connectivity index (χ0n) is 13.0. The Bertz CT molecular complexity index is 460. The van der Waals surface area contributed by atoms with E-state index in [1.807, 2.05) is 6.92 Å². The third-order valence-corrected chi connectivity index (χ3v) is 5.98. The molecular weight excluding hydrogens is 248 g/mol. The molecule has 0 spiro atoms. The summed E-state index contributed by atoms with van der Waals surface area (Å²) in [5.41, 5.74) is 0.507. The van der Waals surface area contributed by atoms with Crippen molar-refractivity contribution < 1.29 is 4.79 Å². The van der Waals surface area contributed by atoms with Gasteiger partial charge in [-0.1, -0.05) is 20.8 Å². The molecule has 4 fully saturated rings. The Morgan fingerprint density at radius 3 is 2.30 bits per heavy atom. The molecule has 3 atom stereocenters. The van der Waals surface area contributed by atoms with Gasteiger partial charge in [0.2, 0.25) is 5.91 Å². The van der Waals surface area contributed by atoms with Gasteiger partial charge in [0.15, 0.2) is 0 Å². The maximum absolute atomic E-state index is 12.8. The molecule has 0 aromatic carbocycles. The van der Waals surface area contributed by atoms with E-state index in [-0.39, 0.29) is 17.4 Å². The minimum absolute atomic E-state index is 0.160. The minimum atomic E-state index is -0.323. The van der Waals surface area contributed by atoms with Crippen molar-refractivity contribution in [2.45, 2.75) is 71.8 Å². The number of nitriles is 1. The van der Waals surface area contributed by atoms with Gasteiger partial charge in [0.1, 0.15) is 6.04 Å². The minimum Gasteiger partial charge on any atom is -0.340 e. The van der Waals surface area contributed by atoms with E-state index in [1.165, 1.54) is 19.3 Å². The topological polar surface area (TPSA) is 52.9 Å². The van der Waals surface area contributed by atoms with E-state index < -0.39 is 0 Å². The lowest BCUT2D eigenvalue weighted by Gasteiger charge is -2.64. The summed E-state index contributed by atoms with van der Waals surface area (Å²) in [5, 5.41) is 12.1. The summed E-state index contributed by atoms with van der Waals surface area (Å²) in [5.74, 6) is 0.876. The van der Waals surface area contributed by atoms with Crippen LogP contribution in [0.4, 0.5) is 0 Å². The first-order valence-corrected chi connectivity index (χ1v) is 8.03. The number of carbonyl (C=O) groups excluding carboxylic acids is 1. The highest BCUT2D eigenvalue weighted by Gasteiger charge is 2.62. The second-order valence-corrected chi connectivity index (χ2v) is 8.47. The van der Waals surface area contributed by atoms with Crippen LogP contribution in [0.25, 0.3) is 0 Å². The molecule has 4 saturated carbocycles. The first-order chi connectivity index (χ1) is 9.32. The Hall–Kier alpha value is -1.04. The van der Waals surface area contributed by atoms with Crippen LogP contribution in [0, 0.1) is 33.5 Å². The largest absolute Gasteiger partial charge is 0.340 e. The Balaban J connectivity index is 1.85. The van der Waals surface area contributed by atoms with Crippen molar-refractivity contribution in [3.63, 3.8) is 0 Å². The number of carbonyl (C=O) groups is 1. The van der Waals surface area contributed by atoms with Gasteiger partial charge in [0.05, 0.1) is 11.5 Å². The van der Waals surface area contributed by atoms with Crippen LogP contribution in [-0.4, -0.2) is 11.9 Å². The number of hydrogen-bond acceptors (Lipinski definition) is 2. The smallest absolute Gasteiger partial charge is 0.227 e. The molecule has 4 bridgehead atoms. The lowest BCUT2D eigenvalue weighted by atomic mass is 9.40. The van der Waals surface area contributed by atoms with Crippen LogP contribution in [0.1, 0.15) is 65.7 Å². The normalized spacial score (nSPS) is 46.8. The first-order valence-electron chi connectivity index (χ1n) is 8.03. The second kappa shape index (κ2) is 4.23. The quantitative estimate of drug-likeness (QED) is 0.857. The molecule has 4 aliphatic rings. The molecule has 110 valence electrons. The molecule has 20 heavy (non-hydrogen) atoms. The molecule has 4 aliphatic carbocycles. The van der Waals surface area contributed by atoms with E-state index in [0.717, 1.165) is 19.3 Å². The van der Waals surface area contributed by atoms with Crippen molar-refractivity contribution in [1.29, 1.82) is 5.26 Å². The molecule has 3 heteroatoms. The molecule has 0 aromatic heterocycles. The SMILES string of the molecule is CCC(C#N)NC(=O)C12CC3CC(C)(CC(C)(C3)C1)C2. The van der Waals surface area contributed by atoms with Gasteiger partial charge in [-0.05, 0) is 61.7 Å². The number of rotatable bonds is 3. The molecule has 0 saturated heterocycles. The summed E-state index contributed by atoms with van der Waals surface area (Å²) in [4.78, 5) is 12.8. The second-order valence-electron chi connectivity index (χ2n) is 8.47. The fourth-order valence-corrected chi connectivity index (χ4v) is 6.24. The number of nitrogens with zero attached hydrogens (tertiary/aromatic N) is 1. The molecule has 3 unspecified atom stereocenters. The van der Waals surface area contributed by atoms with Gasteiger partial charge in [-0.15, -0.1) is 0 Å². The maximum Gasteiger partial charge on any atom is 0.227 e. The molecule has 0 aromatic rings. The van der Waals surface area contributed by atoms with Gasteiger partial charge < -0.3 is 5.32 Å². The monoisotopic (exact) mass is 274 g/mol. The average molecular weight is 274 g/mol. The Kier molecular flexibility index (Phi) is 2.94. The van der Waals surface area contributed by atoms with E-state index in [9.17, 15) is 4.79 Å². The number of nitrogens with one attached hydrogen (secondary N) is 1. The lowest BCUT2D eigenvalue weighted by molar-refractivity contribution is -0.170. The van der Waals surface area contributed by atoms with Gasteiger partial charge in [0.25, 0.3) is 0 Å². The van der Waals surface area contributed by atoms with Crippen molar-refractivity contribution in [2.75, 3.05) is 0 Å². The molecule has 0 heterocycles. The summed E-state index contributed by atoms with van der Waals surface area (Å²) in [6.45, 7) is 6.70. The van der Waals surface area contributed by atoms with E-state index >= 15 is 0 Å². The highest BCUT2D eigenvalue weighted by molar-refractivity contribution is 5.84. The van der Waals surface area contributed by atoms with Gasteiger partial charge in [0, 0.05) is 0 Å². The summed E-state index contributed by atoms with van der Waals surface area (Å²) in [7, 11) is 0. The van der Waals surface area contributed by atoms with Gasteiger partial charge in [-0.25, -0.2) is 0 Å². The molecule has 3 nitrogen and oxygen atoms in total. The van der Waals surface area contributed by atoms with E-state index in [4.69, 9.17) is 5.26 Å². The van der Waals surface area contributed by atoms with Crippen LogP contribution in [0.3, 0.4) is 0 Å². The van der Waals surface area contributed by atoms with Crippen LogP contribution in [-0.2, 0) is 4.79 Å². The summed E-state index contributed by atoms with van der Waals surface area (Å²) >= 11 is 0. The maximum atomic E-state index is 12.8. The Labute approximate surface area is 122 Å². The van der Waals surface area contributed by atoms with Gasteiger partial charge in [-0.3, -0.25) is 4.79 Å². The summed E-state index contributed by atoms with van der Waals surface area (Å²) in [6.07, 6.45) is 7.67. The standard InChI is InChI=1S/C17H26N2O/c1-4-13(8-18)19-14(20)17-7-12-5-15(2,10-17)9-16(3,6-12)11-17/h12-13H,4-7,9-11H2,1-3H3,(H,19,20). The highest BCUT2D eigenvalue weighted by Crippen LogP contribution is 2.69. The molecule has 1 amide bonds. The summed E-state index contributed by atoms with van der Waals surface area (Å²) in [6, 6.07) is 1.88. The molecular formula is C17H26N2O. The average Bonchev–Trinajstić information content (AvgIpc) is 2.31. The summed E-state index contributed by atoms with van der Waals surface area (Å²) < 4.78 is 0. The van der Waals surface area contributed by atoms with Gasteiger partial charge >= 0.3 is 0 Å². The number of amides is 1. The van der Waals surface area contributed by atoms with Crippen LogP contribution >= 0.6 is 0 Å². The van der Waals surface area contributed by atoms with Crippen LogP contribution < -0.4 is 5.32 Å². The van der Waals surface area contributed by atoms with Crippen molar-refractivity contribution in [3.8, 4) is 6.07 Å². The van der Waals surface area contributed by atoms with Gasteiger partial charge in [-0.2, -0.15) is 5.26 Å². The van der Waals surface area contributed by atoms with E-state index in [1.54, 1.807) is 0 Å². The molecule has 4 rings (SSSR count). The van der Waals surface area contributed by atoms with Crippen molar-refractivity contribution in [1.82, 2.24) is 5.32 Å². The third kappa shape index (κ3) is 2.05. The zero-order valence-corrected chi connectivity index (χ0v) is 13.0. The third-order valence-electron chi connectivity index (χ3n) is 5.98. The van der Waals surface area contributed by atoms with E-state index in [0.29, 0.717) is 23.2 Å². The van der Waals surface area contributed by atoms with Crippen molar-refractivity contribution in [2.24, 2.45) is 22.2 Å². The van der Waals surface area contributed by atoms with Crippen LogP contribution in [0.2, 0.25) is 0 Å². The zero-order chi connectivity index (χ0) is 14.6. The Morgan fingerprint density at radius 1 is 1.25 bits per heavy atom.